The normalized spacial score (nSPS) is 20.8. The lowest BCUT2D eigenvalue weighted by Crippen LogP contribution is -2.55. The number of aromatic nitrogens is 2. The number of hydrogen-bond acceptors (Lipinski definition) is 7. The Bertz CT molecular complexity index is 1180. The Morgan fingerprint density at radius 3 is 2.55 bits per heavy atom. The van der Waals surface area contributed by atoms with Gasteiger partial charge in [0.15, 0.2) is 0 Å². The van der Waals surface area contributed by atoms with Crippen LogP contribution < -0.4 is 10.6 Å². The molecule has 3 rings (SSSR count). The van der Waals surface area contributed by atoms with E-state index >= 15 is 0 Å². The summed E-state index contributed by atoms with van der Waals surface area (Å²) in [5, 5.41) is 16.4. The van der Waals surface area contributed by atoms with Crippen molar-refractivity contribution in [3.8, 4) is 0 Å². The van der Waals surface area contributed by atoms with Crippen molar-refractivity contribution in [2.45, 2.75) is 72.9 Å². The Morgan fingerprint density at radius 1 is 1.30 bits per heavy atom. The molecule has 1 saturated carbocycles. The topological polar surface area (TPSA) is 107 Å². The summed E-state index contributed by atoms with van der Waals surface area (Å²) in [5.74, 6) is 1.30. The monoisotopic (exact) mass is 616 g/mol. The van der Waals surface area contributed by atoms with Gasteiger partial charge in [0.05, 0.1) is 12.1 Å². The molecule has 0 bridgehead atoms. The number of amides is 2. The van der Waals surface area contributed by atoms with Crippen LogP contribution in [-0.2, 0) is 16.6 Å². The fourth-order valence-electron chi connectivity index (χ4n) is 5.30. The van der Waals surface area contributed by atoms with Gasteiger partial charge in [-0.15, -0.1) is 0 Å². The van der Waals surface area contributed by atoms with Crippen molar-refractivity contribution in [3.63, 3.8) is 0 Å². The van der Waals surface area contributed by atoms with Crippen LogP contribution in [-0.4, -0.2) is 75.7 Å². The quantitative estimate of drug-likeness (QED) is 0.204. The highest BCUT2D eigenvalue weighted by molar-refractivity contribution is 9.10. The minimum atomic E-state index is -0.567. The van der Waals surface area contributed by atoms with Crippen LogP contribution in [0.3, 0.4) is 0 Å². The molecule has 0 radical (unpaired) electrons. The molecule has 1 unspecified atom stereocenters. The average Bonchev–Trinajstić information content (AvgIpc) is 3.59. The molecule has 1 aliphatic carbocycles. The number of halogens is 1. The first-order chi connectivity index (χ1) is 18.8. The lowest BCUT2D eigenvalue weighted by atomic mass is 9.85. The van der Waals surface area contributed by atoms with Crippen molar-refractivity contribution in [2.75, 3.05) is 25.0 Å². The third kappa shape index (κ3) is 7.41. The Balaban J connectivity index is 1.70. The van der Waals surface area contributed by atoms with Crippen LogP contribution >= 0.6 is 15.9 Å². The van der Waals surface area contributed by atoms with E-state index in [1.165, 1.54) is 18.4 Å². The van der Waals surface area contributed by atoms with Crippen LogP contribution in [0.2, 0.25) is 0 Å². The number of hydrazone groups is 1. The number of aliphatic imine (C=N–C) groups is 1. The number of nitrogens with zero attached hydrogens (tertiary/aromatic N) is 6. The van der Waals surface area contributed by atoms with Gasteiger partial charge < -0.3 is 15.5 Å². The van der Waals surface area contributed by atoms with Crippen molar-refractivity contribution in [3.05, 3.63) is 34.7 Å². The fraction of sp³-hybridized carbons (Fsp3) is 0.621. The minimum absolute atomic E-state index is 0.0956. The predicted molar refractivity (Wildman–Crippen MR) is 165 cm³/mol. The molecule has 0 aromatic carbocycles. The van der Waals surface area contributed by atoms with Crippen LogP contribution in [0.5, 0.6) is 0 Å². The summed E-state index contributed by atoms with van der Waals surface area (Å²) >= 11 is 3.49. The number of carbonyl (C=O) groups is 2. The van der Waals surface area contributed by atoms with Crippen molar-refractivity contribution in [1.82, 2.24) is 25.0 Å². The van der Waals surface area contributed by atoms with E-state index in [0.717, 1.165) is 17.1 Å². The first-order valence-corrected chi connectivity index (χ1v) is 14.7. The van der Waals surface area contributed by atoms with E-state index in [1.807, 2.05) is 40.9 Å². The number of nitrogens with one attached hydrogen (secondary N) is 2. The molecule has 1 aromatic heterocycles. The Morgan fingerprint density at radius 2 is 1.98 bits per heavy atom. The highest BCUT2D eigenvalue weighted by Crippen LogP contribution is 2.38. The van der Waals surface area contributed by atoms with Gasteiger partial charge in [-0.05, 0) is 72.5 Å². The summed E-state index contributed by atoms with van der Waals surface area (Å²) < 4.78 is 2.39. The van der Waals surface area contributed by atoms with E-state index in [1.54, 1.807) is 20.8 Å². The van der Waals surface area contributed by atoms with Gasteiger partial charge in [-0.2, -0.15) is 10.2 Å². The van der Waals surface area contributed by atoms with Crippen molar-refractivity contribution in [1.29, 1.82) is 0 Å². The first-order valence-electron chi connectivity index (χ1n) is 13.9. The Labute approximate surface area is 247 Å². The largest absolute Gasteiger partial charge is 0.352 e. The number of carbonyl (C=O) groups excluding carboxylic acids is 2. The van der Waals surface area contributed by atoms with E-state index in [4.69, 9.17) is 0 Å². The number of aryl methyl sites for hydroxylation is 1. The van der Waals surface area contributed by atoms with E-state index in [-0.39, 0.29) is 17.7 Å². The summed E-state index contributed by atoms with van der Waals surface area (Å²) in [5.41, 5.74) is 2.41. The fourth-order valence-corrected chi connectivity index (χ4v) is 6.01. The lowest BCUT2D eigenvalue weighted by Gasteiger charge is -2.39. The maximum absolute atomic E-state index is 14.1. The molecule has 2 heterocycles. The van der Waals surface area contributed by atoms with Crippen LogP contribution in [0.1, 0.15) is 66.4 Å². The number of hydrogen-bond donors (Lipinski definition) is 2. The molecular formula is C29H45BrN8O2. The number of allylic oxidation sites excluding steroid dienone is 1. The summed E-state index contributed by atoms with van der Waals surface area (Å²) in [6.45, 7) is 20.9. The highest BCUT2D eigenvalue weighted by Gasteiger charge is 2.45. The van der Waals surface area contributed by atoms with Crippen LogP contribution in [0.4, 0.5) is 5.82 Å². The second kappa shape index (κ2) is 13.1. The van der Waals surface area contributed by atoms with Crippen LogP contribution in [0.15, 0.2) is 39.2 Å². The summed E-state index contributed by atoms with van der Waals surface area (Å²) in [6, 6.07) is -1.10. The molecule has 2 aliphatic rings. The zero-order valence-corrected chi connectivity index (χ0v) is 26.6. The maximum atomic E-state index is 14.1. The molecule has 2 N–H and O–H groups in total. The van der Waals surface area contributed by atoms with Gasteiger partial charge in [-0.1, -0.05) is 39.8 Å². The lowest BCUT2D eigenvalue weighted by molar-refractivity contribution is -0.145. The first kappa shape index (κ1) is 31.6. The molecule has 2 fully saturated rings. The third-order valence-electron chi connectivity index (χ3n) is 7.50. The number of anilines is 1. The average molecular weight is 618 g/mol. The predicted octanol–water partition coefficient (Wildman–Crippen LogP) is 4.55. The van der Waals surface area contributed by atoms with Crippen molar-refractivity contribution >= 4 is 46.0 Å². The molecule has 11 heteroatoms. The van der Waals surface area contributed by atoms with Crippen LogP contribution in [0.25, 0.3) is 0 Å². The van der Waals surface area contributed by atoms with Gasteiger partial charge in [0.1, 0.15) is 22.5 Å². The summed E-state index contributed by atoms with van der Waals surface area (Å²) in [7, 11) is 1.84. The zero-order valence-electron chi connectivity index (χ0n) is 25.0. The molecule has 220 valence electrons. The van der Waals surface area contributed by atoms with E-state index in [2.05, 4.69) is 68.9 Å². The van der Waals surface area contributed by atoms with Crippen molar-refractivity contribution < 1.29 is 9.59 Å². The van der Waals surface area contributed by atoms with Gasteiger partial charge in [0, 0.05) is 38.8 Å². The molecular weight excluding hydrogens is 572 g/mol. The van der Waals surface area contributed by atoms with Gasteiger partial charge in [-0.25, -0.2) is 0 Å². The molecule has 1 aromatic rings. The summed E-state index contributed by atoms with van der Waals surface area (Å²) in [6.07, 6.45) is 6.51. The number of rotatable bonds is 12. The zero-order chi connectivity index (χ0) is 29.8. The second-order valence-electron chi connectivity index (χ2n) is 12.0. The second-order valence-corrected chi connectivity index (χ2v) is 12.8. The van der Waals surface area contributed by atoms with Gasteiger partial charge in [-0.3, -0.25) is 24.3 Å². The number of likely N-dealkylation sites (tertiary alicyclic amines) is 1. The van der Waals surface area contributed by atoms with Gasteiger partial charge in [0.2, 0.25) is 11.8 Å². The molecule has 10 nitrogen and oxygen atoms in total. The van der Waals surface area contributed by atoms with Crippen LogP contribution in [0, 0.1) is 17.3 Å². The minimum Gasteiger partial charge on any atom is -0.352 e. The molecule has 2 amide bonds. The standard InChI is InChI=1S/C29H45BrN8O2/c1-10-32-26-23(25(30)35-36(26)9)20(4)33-13-14-34-27(39)22-15-18(2)16-37(22)28(40)24(29(5,6)7)38(31-8)17-19(3)21-11-12-21/h10,17-18,21-22,24,32H,1,8,11-16H2,2-7,9H3,(H,34,39)/b19-17+,33-20?/t18?,22-,24+/m0/s1. The Hall–Kier alpha value is -2.95. The summed E-state index contributed by atoms with van der Waals surface area (Å²) in [4.78, 5) is 33.8. The SMILES string of the molecule is C=CNc1c(C(C)=NCCNC(=O)[C@@H]2CC(C)CN2C(=O)[C@@H](N(/C=C(\C)C2CC2)N=C)C(C)(C)C)c(Br)nn1C. The van der Waals surface area contributed by atoms with Gasteiger partial charge in [0.25, 0.3) is 0 Å². The third-order valence-corrected chi connectivity index (χ3v) is 8.06. The maximum Gasteiger partial charge on any atom is 0.248 e. The molecule has 1 saturated heterocycles. The van der Waals surface area contributed by atoms with Crippen molar-refractivity contribution in [2.24, 2.45) is 34.4 Å². The molecule has 40 heavy (non-hydrogen) atoms. The molecule has 3 atom stereocenters. The molecule has 1 aliphatic heterocycles. The van der Waals surface area contributed by atoms with Gasteiger partial charge >= 0.3 is 0 Å². The van der Waals surface area contributed by atoms with E-state index in [9.17, 15) is 9.59 Å². The molecule has 0 spiro atoms. The van der Waals surface area contributed by atoms with E-state index in [0.29, 0.717) is 36.6 Å². The van der Waals surface area contributed by atoms with E-state index < -0.39 is 17.5 Å². The highest BCUT2D eigenvalue weighted by atomic mass is 79.9. The smallest absolute Gasteiger partial charge is 0.248 e. The Kier molecular flexibility index (Phi) is 10.4.